The number of nitrogens with zero attached hydrogens (tertiary/aromatic N) is 4. The van der Waals surface area contributed by atoms with E-state index < -0.39 is 0 Å². The van der Waals surface area contributed by atoms with Crippen molar-refractivity contribution in [3.8, 4) is 5.88 Å². The van der Waals surface area contributed by atoms with Crippen LogP contribution in [0.4, 0.5) is 11.5 Å². The molecule has 0 amide bonds. The van der Waals surface area contributed by atoms with Crippen molar-refractivity contribution in [1.29, 1.82) is 0 Å². The van der Waals surface area contributed by atoms with Gasteiger partial charge in [0.25, 0.3) is 0 Å². The van der Waals surface area contributed by atoms with Crippen LogP contribution in [0.3, 0.4) is 0 Å². The Balaban J connectivity index is 1.44. The summed E-state index contributed by atoms with van der Waals surface area (Å²) in [5.74, 6) is 1.27. The fourth-order valence-corrected chi connectivity index (χ4v) is 4.09. The van der Waals surface area contributed by atoms with Gasteiger partial charge in [-0.05, 0) is 18.9 Å². The zero-order valence-corrected chi connectivity index (χ0v) is 18.0. The molecule has 2 aromatic rings. The van der Waals surface area contributed by atoms with Gasteiger partial charge in [0.15, 0.2) is 5.82 Å². The third-order valence-corrected chi connectivity index (χ3v) is 5.96. The molecule has 1 atom stereocenters. The highest BCUT2D eigenvalue weighted by Crippen LogP contribution is 2.25. The molecule has 0 aliphatic carbocycles. The molecular weight excluding hydrogens is 398 g/mol. The summed E-state index contributed by atoms with van der Waals surface area (Å²) in [7, 11) is 0. The SMILES string of the molecule is Cc1cccc(/C=N/Nc2cc(N3CCOCC3)cc(OCCC3CN=CS3)n2)c1. The Labute approximate surface area is 181 Å². The van der Waals surface area contributed by atoms with Gasteiger partial charge in [-0.1, -0.05) is 29.8 Å². The number of morpholine rings is 1. The van der Waals surface area contributed by atoms with Crippen LogP contribution in [-0.2, 0) is 4.74 Å². The van der Waals surface area contributed by atoms with Crippen molar-refractivity contribution in [2.75, 3.05) is 49.8 Å². The fraction of sp³-hybridized carbons (Fsp3) is 0.409. The van der Waals surface area contributed by atoms with Crippen LogP contribution in [0.15, 0.2) is 46.5 Å². The molecule has 0 bridgehead atoms. The Morgan fingerprint density at radius 3 is 3.00 bits per heavy atom. The van der Waals surface area contributed by atoms with Gasteiger partial charge in [-0.3, -0.25) is 10.4 Å². The van der Waals surface area contributed by atoms with Crippen molar-refractivity contribution in [2.24, 2.45) is 10.1 Å². The first-order chi connectivity index (χ1) is 14.8. The van der Waals surface area contributed by atoms with Crippen molar-refractivity contribution < 1.29 is 9.47 Å². The molecule has 0 radical (unpaired) electrons. The molecule has 1 aromatic heterocycles. The van der Waals surface area contributed by atoms with Crippen LogP contribution in [-0.4, -0.2) is 61.5 Å². The number of anilines is 2. The predicted molar refractivity (Wildman–Crippen MR) is 125 cm³/mol. The molecule has 4 rings (SSSR count). The van der Waals surface area contributed by atoms with Gasteiger partial charge in [0.2, 0.25) is 5.88 Å². The molecule has 1 fully saturated rings. The van der Waals surface area contributed by atoms with Crippen LogP contribution in [0, 0.1) is 6.92 Å². The summed E-state index contributed by atoms with van der Waals surface area (Å²) in [6.07, 6.45) is 2.75. The molecule has 1 unspecified atom stereocenters. The number of hydrazone groups is 1. The highest BCUT2D eigenvalue weighted by Gasteiger charge is 2.15. The average molecular weight is 426 g/mol. The molecule has 30 heavy (non-hydrogen) atoms. The molecule has 2 aliphatic heterocycles. The van der Waals surface area contributed by atoms with Crippen molar-refractivity contribution in [3.05, 3.63) is 47.5 Å². The number of hydrogen-bond donors (Lipinski definition) is 1. The van der Waals surface area contributed by atoms with E-state index in [-0.39, 0.29) is 0 Å². The topological polar surface area (TPSA) is 71.3 Å². The number of thioether (sulfide) groups is 1. The second kappa shape index (κ2) is 10.4. The van der Waals surface area contributed by atoms with Crippen LogP contribution in [0.25, 0.3) is 0 Å². The Morgan fingerprint density at radius 2 is 2.20 bits per heavy atom. The van der Waals surface area contributed by atoms with Crippen molar-refractivity contribution in [1.82, 2.24) is 4.98 Å². The smallest absolute Gasteiger partial charge is 0.217 e. The molecule has 2 aliphatic rings. The molecule has 8 heteroatoms. The highest BCUT2D eigenvalue weighted by atomic mass is 32.2. The predicted octanol–water partition coefficient (Wildman–Crippen LogP) is 3.59. The number of aryl methyl sites for hydroxylation is 1. The van der Waals surface area contributed by atoms with E-state index in [9.17, 15) is 0 Å². The lowest BCUT2D eigenvalue weighted by molar-refractivity contribution is 0.122. The average Bonchev–Trinajstić information content (AvgIpc) is 3.28. The van der Waals surface area contributed by atoms with E-state index in [0.29, 0.717) is 23.6 Å². The van der Waals surface area contributed by atoms with E-state index >= 15 is 0 Å². The number of pyridine rings is 1. The van der Waals surface area contributed by atoms with Crippen LogP contribution in [0.1, 0.15) is 17.5 Å². The van der Waals surface area contributed by atoms with Gasteiger partial charge in [-0.25, -0.2) is 0 Å². The van der Waals surface area contributed by atoms with Crippen LogP contribution >= 0.6 is 11.8 Å². The molecule has 1 saturated heterocycles. The van der Waals surface area contributed by atoms with E-state index in [2.05, 4.69) is 44.5 Å². The second-order valence-electron chi connectivity index (χ2n) is 7.30. The molecule has 3 heterocycles. The minimum atomic E-state index is 0.504. The minimum Gasteiger partial charge on any atom is -0.478 e. The van der Waals surface area contributed by atoms with E-state index in [0.717, 1.165) is 50.5 Å². The van der Waals surface area contributed by atoms with Gasteiger partial charge < -0.3 is 14.4 Å². The molecule has 158 valence electrons. The molecular formula is C22H27N5O2S. The molecule has 7 nitrogen and oxygen atoms in total. The van der Waals surface area contributed by atoms with E-state index in [4.69, 9.17) is 9.47 Å². The largest absolute Gasteiger partial charge is 0.478 e. The van der Waals surface area contributed by atoms with Gasteiger partial charge in [0.05, 0.1) is 38.1 Å². The molecule has 1 N–H and O–H groups in total. The lowest BCUT2D eigenvalue weighted by Crippen LogP contribution is -2.36. The standard InChI is InChI=1S/C22H27N5O2S/c1-17-3-2-4-18(11-17)14-24-26-21-12-19(27-6-9-28-10-7-27)13-22(25-21)29-8-5-20-15-23-16-30-20/h2-4,11-14,16,20H,5-10,15H2,1H3,(H,25,26)/b24-14+. The van der Waals surface area contributed by atoms with Crippen molar-refractivity contribution >= 4 is 35.0 Å². The summed E-state index contributed by atoms with van der Waals surface area (Å²) >= 11 is 1.77. The van der Waals surface area contributed by atoms with Crippen molar-refractivity contribution in [3.63, 3.8) is 0 Å². The first-order valence-corrected chi connectivity index (χ1v) is 11.2. The number of aliphatic imine (C=N–C) groups is 1. The number of ether oxygens (including phenoxy) is 2. The normalized spacial score (nSPS) is 18.8. The van der Waals surface area contributed by atoms with Crippen LogP contribution in [0.2, 0.25) is 0 Å². The van der Waals surface area contributed by atoms with Gasteiger partial charge in [-0.2, -0.15) is 10.1 Å². The summed E-state index contributed by atoms with van der Waals surface area (Å²) in [6.45, 7) is 6.72. The Kier molecular flexibility index (Phi) is 7.20. The molecule has 0 spiro atoms. The maximum atomic E-state index is 5.99. The van der Waals surface area contributed by atoms with E-state index in [1.165, 1.54) is 5.56 Å². The third kappa shape index (κ3) is 5.96. The number of hydrogen-bond acceptors (Lipinski definition) is 8. The number of rotatable bonds is 8. The van der Waals surface area contributed by atoms with Gasteiger partial charge in [-0.15, -0.1) is 11.8 Å². The summed E-state index contributed by atoms with van der Waals surface area (Å²) < 4.78 is 11.5. The first-order valence-electron chi connectivity index (χ1n) is 10.2. The van der Waals surface area contributed by atoms with Crippen molar-refractivity contribution in [2.45, 2.75) is 18.6 Å². The lowest BCUT2D eigenvalue weighted by Gasteiger charge is -2.29. The van der Waals surface area contributed by atoms with Gasteiger partial charge in [0.1, 0.15) is 0 Å². The molecule has 1 aromatic carbocycles. The lowest BCUT2D eigenvalue weighted by atomic mass is 10.2. The number of benzene rings is 1. The summed E-state index contributed by atoms with van der Waals surface area (Å²) in [6, 6.07) is 12.2. The molecule has 0 saturated carbocycles. The summed E-state index contributed by atoms with van der Waals surface area (Å²) in [5.41, 5.74) is 8.30. The second-order valence-corrected chi connectivity index (χ2v) is 8.45. The van der Waals surface area contributed by atoms with Gasteiger partial charge in [0, 0.05) is 36.2 Å². The van der Waals surface area contributed by atoms with Crippen LogP contribution < -0.4 is 15.1 Å². The van der Waals surface area contributed by atoms with E-state index in [1.807, 2.05) is 29.8 Å². The Morgan fingerprint density at radius 1 is 1.30 bits per heavy atom. The monoisotopic (exact) mass is 425 g/mol. The number of aromatic nitrogens is 1. The van der Waals surface area contributed by atoms with E-state index in [1.54, 1.807) is 18.0 Å². The summed E-state index contributed by atoms with van der Waals surface area (Å²) in [5, 5.41) is 4.87. The maximum Gasteiger partial charge on any atom is 0.217 e. The van der Waals surface area contributed by atoms with Gasteiger partial charge >= 0.3 is 0 Å². The minimum absolute atomic E-state index is 0.504. The summed E-state index contributed by atoms with van der Waals surface area (Å²) in [4.78, 5) is 11.2. The number of nitrogens with one attached hydrogen (secondary N) is 1. The highest BCUT2D eigenvalue weighted by molar-refractivity contribution is 8.12. The van der Waals surface area contributed by atoms with Crippen LogP contribution in [0.5, 0.6) is 5.88 Å². The first kappa shape index (κ1) is 20.7. The Bertz CT molecular complexity index is 891. The zero-order chi connectivity index (χ0) is 20.6. The third-order valence-electron chi connectivity index (χ3n) is 4.92. The Hall–Kier alpha value is -2.58. The quantitative estimate of drug-likeness (QED) is 0.515. The fourth-order valence-electron chi connectivity index (χ4n) is 3.34. The zero-order valence-electron chi connectivity index (χ0n) is 17.2. The maximum absolute atomic E-state index is 5.99.